The zero-order chi connectivity index (χ0) is 16.9. The fourth-order valence-electron chi connectivity index (χ4n) is 3.72. The van der Waals surface area contributed by atoms with Crippen molar-refractivity contribution in [2.75, 3.05) is 18.4 Å². The van der Waals surface area contributed by atoms with E-state index in [-0.39, 0.29) is 17.7 Å². The van der Waals surface area contributed by atoms with Crippen LogP contribution < -0.4 is 5.32 Å². The molecule has 0 aromatic carbocycles. The van der Waals surface area contributed by atoms with Gasteiger partial charge in [-0.15, -0.1) is 0 Å². The van der Waals surface area contributed by atoms with Crippen LogP contribution >= 0.6 is 0 Å². The van der Waals surface area contributed by atoms with E-state index in [4.69, 9.17) is 0 Å². The van der Waals surface area contributed by atoms with E-state index in [1.54, 1.807) is 17.8 Å². The fourth-order valence-corrected chi connectivity index (χ4v) is 3.72. The van der Waals surface area contributed by atoms with Gasteiger partial charge in [0.2, 0.25) is 5.91 Å². The molecule has 2 aliphatic rings. The number of aryl methyl sites for hydroxylation is 1. The van der Waals surface area contributed by atoms with Gasteiger partial charge in [-0.3, -0.25) is 14.3 Å². The van der Waals surface area contributed by atoms with Crippen LogP contribution in [-0.4, -0.2) is 39.6 Å². The molecule has 1 saturated carbocycles. The van der Waals surface area contributed by atoms with E-state index < -0.39 is 0 Å². The summed E-state index contributed by atoms with van der Waals surface area (Å²) in [6.07, 6.45) is 9.90. The van der Waals surface area contributed by atoms with Gasteiger partial charge in [0.05, 0.1) is 0 Å². The summed E-state index contributed by atoms with van der Waals surface area (Å²) in [6.45, 7) is 1.61. The second-order valence-corrected chi connectivity index (χ2v) is 7.07. The van der Waals surface area contributed by atoms with Gasteiger partial charge in [0.1, 0.15) is 5.82 Å². The molecule has 1 aliphatic carbocycles. The molecule has 0 radical (unpaired) electrons. The lowest BCUT2D eigenvalue weighted by Crippen LogP contribution is -2.32. The molecular weight excluding hydrogens is 304 g/mol. The number of carbonyl (C=O) groups is 2. The van der Waals surface area contributed by atoms with Crippen LogP contribution in [0.25, 0.3) is 0 Å². The van der Waals surface area contributed by atoms with Crippen LogP contribution in [0.2, 0.25) is 0 Å². The number of nitrogens with zero attached hydrogens (tertiary/aromatic N) is 3. The van der Waals surface area contributed by atoms with Crippen molar-refractivity contribution in [1.82, 2.24) is 14.7 Å². The van der Waals surface area contributed by atoms with Crippen molar-refractivity contribution in [2.24, 2.45) is 13.0 Å². The minimum Gasteiger partial charge on any atom is -0.337 e. The third-order valence-corrected chi connectivity index (χ3v) is 5.22. The molecule has 1 aliphatic heterocycles. The van der Waals surface area contributed by atoms with E-state index in [2.05, 4.69) is 10.4 Å². The maximum atomic E-state index is 12.6. The van der Waals surface area contributed by atoms with Crippen LogP contribution in [0.5, 0.6) is 0 Å². The lowest BCUT2D eigenvalue weighted by atomic mass is 9.89. The summed E-state index contributed by atoms with van der Waals surface area (Å²) in [7, 11) is 1.77. The Morgan fingerprint density at radius 1 is 1.04 bits per heavy atom. The minimum absolute atomic E-state index is 0.0225. The molecule has 1 saturated heterocycles. The van der Waals surface area contributed by atoms with Crippen molar-refractivity contribution in [3.05, 3.63) is 11.8 Å². The highest BCUT2D eigenvalue weighted by Gasteiger charge is 2.24. The van der Waals surface area contributed by atoms with E-state index in [0.29, 0.717) is 11.5 Å². The van der Waals surface area contributed by atoms with E-state index in [1.807, 2.05) is 4.90 Å². The summed E-state index contributed by atoms with van der Waals surface area (Å²) in [5, 5.41) is 7.29. The number of aromatic nitrogens is 2. The second kappa shape index (κ2) is 7.81. The first kappa shape index (κ1) is 17.0. The van der Waals surface area contributed by atoms with Crippen molar-refractivity contribution in [1.29, 1.82) is 0 Å². The third kappa shape index (κ3) is 3.97. The van der Waals surface area contributed by atoms with Crippen LogP contribution in [0, 0.1) is 5.92 Å². The van der Waals surface area contributed by atoms with Gasteiger partial charge < -0.3 is 10.2 Å². The molecule has 1 aromatic rings. The first-order chi connectivity index (χ1) is 11.6. The smallest absolute Gasteiger partial charge is 0.274 e. The van der Waals surface area contributed by atoms with E-state index >= 15 is 0 Å². The van der Waals surface area contributed by atoms with E-state index in [1.165, 1.54) is 19.3 Å². The Morgan fingerprint density at radius 3 is 2.33 bits per heavy atom. The number of carbonyl (C=O) groups excluding carboxylic acids is 2. The predicted octanol–water partition coefficient (Wildman–Crippen LogP) is 2.96. The monoisotopic (exact) mass is 332 g/mol. The fraction of sp³-hybridized carbons (Fsp3) is 0.722. The van der Waals surface area contributed by atoms with Gasteiger partial charge in [-0.2, -0.15) is 5.10 Å². The van der Waals surface area contributed by atoms with Gasteiger partial charge in [-0.25, -0.2) is 0 Å². The number of hydrogen-bond donors (Lipinski definition) is 1. The Labute approximate surface area is 143 Å². The van der Waals surface area contributed by atoms with Gasteiger partial charge in [-0.05, 0) is 25.7 Å². The number of anilines is 1. The van der Waals surface area contributed by atoms with Crippen molar-refractivity contribution in [3.63, 3.8) is 0 Å². The molecule has 6 heteroatoms. The number of likely N-dealkylation sites (tertiary alicyclic amines) is 1. The highest BCUT2D eigenvalue weighted by atomic mass is 16.2. The van der Waals surface area contributed by atoms with Crippen molar-refractivity contribution in [2.45, 2.75) is 57.8 Å². The summed E-state index contributed by atoms with van der Waals surface area (Å²) >= 11 is 0. The van der Waals surface area contributed by atoms with Gasteiger partial charge in [0, 0.05) is 32.1 Å². The third-order valence-electron chi connectivity index (χ3n) is 5.22. The largest absolute Gasteiger partial charge is 0.337 e. The van der Waals surface area contributed by atoms with Gasteiger partial charge >= 0.3 is 0 Å². The first-order valence-electron chi connectivity index (χ1n) is 9.29. The number of hydrogen-bond acceptors (Lipinski definition) is 3. The standard InChI is InChI=1S/C18H28N4O2/c1-21-16(19-17(23)14-9-5-4-6-10-14)13-15(20-21)18(24)22-11-7-2-3-8-12-22/h13-14H,2-12H2,1H3,(H,19,23). The van der Waals surface area contributed by atoms with Gasteiger partial charge in [0.25, 0.3) is 5.91 Å². The highest BCUT2D eigenvalue weighted by Crippen LogP contribution is 2.25. The first-order valence-corrected chi connectivity index (χ1v) is 9.29. The molecule has 2 amide bonds. The molecule has 3 rings (SSSR count). The summed E-state index contributed by atoms with van der Waals surface area (Å²) < 4.78 is 1.60. The number of amides is 2. The van der Waals surface area contributed by atoms with E-state index in [0.717, 1.165) is 51.6 Å². The van der Waals surface area contributed by atoms with Crippen molar-refractivity contribution in [3.8, 4) is 0 Å². The average Bonchev–Trinajstić information content (AvgIpc) is 2.80. The maximum Gasteiger partial charge on any atom is 0.274 e. The molecule has 2 heterocycles. The lowest BCUT2D eigenvalue weighted by molar-refractivity contribution is -0.120. The molecule has 0 bridgehead atoms. The molecule has 1 N–H and O–H groups in total. The summed E-state index contributed by atoms with van der Waals surface area (Å²) in [6, 6.07) is 1.72. The van der Waals surface area contributed by atoms with Crippen LogP contribution in [0.4, 0.5) is 5.82 Å². The lowest BCUT2D eigenvalue weighted by Gasteiger charge is -2.20. The Hall–Kier alpha value is -1.85. The predicted molar refractivity (Wildman–Crippen MR) is 92.8 cm³/mol. The normalized spacial score (nSPS) is 19.8. The summed E-state index contributed by atoms with van der Waals surface area (Å²) in [5.41, 5.74) is 0.429. The Morgan fingerprint density at radius 2 is 1.67 bits per heavy atom. The summed E-state index contributed by atoms with van der Waals surface area (Å²) in [5.74, 6) is 0.749. The van der Waals surface area contributed by atoms with Crippen molar-refractivity contribution >= 4 is 17.6 Å². The van der Waals surface area contributed by atoms with Crippen LogP contribution in [-0.2, 0) is 11.8 Å². The van der Waals surface area contributed by atoms with Gasteiger partial charge in [0.15, 0.2) is 5.69 Å². The van der Waals surface area contributed by atoms with Crippen molar-refractivity contribution < 1.29 is 9.59 Å². The van der Waals surface area contributed by atoms with Gasteiger partial charge in [-0.1, -0.05) is 32.1 Å². The quantitative estimate of drug-likeness (QED) is 0.925. The number of nitrogens with one attached hydrogen (secondary N) is 1. The maximum absolute atomic E-state index is 12.6. The highest BCUT2D eigenvalue weighted by molar-refractivity contribution is 5.96. The zero-order valence-electron chi connectivity index (χ0n) is 14.6. The van der Waals surface area contributed by atoms with Crippen LogP contribution in [0.1, 0.15) is 68.3 Å². The molecule has 0 unspecified atom stereocenters. The second-order valence-electron chi connectivity index (χ2n) is 7.07. The van der Waals surface area contributed by atoms with Crippen LogP contribution in [0.15, 0.2) is 6.07 Å². The van der Waals surface area contributed by atoms with Crippen LogP contribution in [0.3, 0.4) is 0 Å². The minimum atomic E-state index is -0.0225. The Kier molecular flexibility index (Phi) is 5.53. The zero-order valence-corrected chi connectivity index (χ0v) is 14.6. The molecule has 1 aromatic heterocycles. The Bertz CT molecular complexity index is 582. The topological polar surface area (TPSA) is 67.2 Å². The molecular formula is C18H28N4O2. The van der Waals surface area contributed by atoms with E-state index in [9.17, 15) is 9.59 Å². The number of rotatable bonds is 3. The SMILES string of the molecule is Cn1nc(C(=O)N2CCCCCC2)cc1NC(=O)C1CCCCC1. The molecule has 132 valence electrons. The molecule has 0 atom stereocenters. The molecule has 24 heavy (non-hydrogen) atoms. The molecule has 0 spiro atoms. The summed E-state index contributed by atoms with van der Waals surface area (Å²) in [4.78, 5) is 26.9. The average molecular weight is 332 g/mol. The Balaban J connectivity index is 1.65. The molecule has 2 fully saturated rings. The molecule has 6 nitrogen and oxygen atoms in total.